The van der Waals surface area contributed by atoms with Crippen LogP contribution in [0, 0.1) is 5.92 Å². The lowest BCUT2D eigenvalue weighted by Gasteiger charge is -2.11. The van der Waals surface area contributed by atoms with E-state index in [4.69, 9.17) is 16.3 Å². The van der Waals surface area contributed by atoms with Gasteiger partial charge in [0, 0.05) is 0 Å². The third-order valence-corrected chi connectivity index (χ3v) is 5.81. The Labute approximate surface area is 181 Å². The van der Waals surface area contributed by atoms with Gasteiger partial charge in [-0.2, -0.15) is 0 Å². The van der Waals surface area contributed by atoms with Crippen molar-refractivity contribution in [2.45, 2.75) is 78.6 Å². The van der Waals surface area contributed by atoms with Crippen LogP contribution in [0.1, 0.15) is 77.7 Å². The van der Waals surface area contributed by atoms with Gasteiger partial charge >= 0.3 is 5.97 Å². The van der Waals surface area contributed by atoms with Crippen LogP contribution in [0.2, 0.25) is 5.02 Å². The topological polar surface area (TPSA) is 26.3 Å². The zero-order valence-corrected chi connectivity index (χ0v) is 18.9. The van der Waals surface area contributed by atoms with Gasteiger partial charge in [0.05, 0.1) is 10.9 Å². The third kappa shape index (κ3) is 7.85. The maximum Gasteiger partial charge on any atom is 0.314 e. The van der Waals surface area contributed by atoms with Crippen LogP contribution in [0.15, 0.2) is 42.5 Å². The molecule has 158 valence electrons. The Balaban J connectivity index is 1.87. The molecule has 0 aliphatic carbocycles. The van der Waals surface area contributed by atoms with E-state index >= 15 is 0 Å². The largest absolute Gasteiger partial charge is 0.425 e. The first-order valence-electron chi connectivity index (χ1n) is 11.2. The fourth-order valence-electron chi connectivity index (χ4n) is 3.29. The molecule has 0 aliphatic rings. The van der Waals surface area contributed by atoms with Crippen LogP contribution in [-0.4, -0.2) is 5.97 Å². The van der Waals surface area contributed by atoms with E-state index in [2.05, 4.69) is 31.2 Å². The Morgan fingerprint density at radius 3 is 2.14 bits per heavy atom. The van der Waals surface area contributed by atoms with Crippen molar-refractivity contribution in [3.8, 4) is 16.9 Å². The van der Waals surface area contributed by atoms with Crippen LogP contribution >= 0.6 is 11.6 Å². The highest BCUT2D eigenvalue weighted by molar-refractivity contribution is 6.32. The fourth-order valence-corrected chi connectivity index (χ4v) is 3.51. The molecule has 29 heavy (non-hydrogen) atoms. The fraction of sp³-hybridized carbons (Fsp3) is 0.500. The molecule has 3 heteroatoms. The van der Waals surface area contributed by atoms with Gasteiger partial charge in [0.15, 0.2) is 0 Å². The van der Waals surface area contributed by atoms with E-state index in [1.54, 1.807) is 6.07 Å². The zero-order chi connectivity index (χ0) is 21.1. The van der Waals surface area contributed by atoms with Crippen molar-refractivity contribution in [3.63, 3.8) is 0 Å². The molecule has 1 atom stereocenters. The van der Waals surface area contributed by atoms with Gasteiger partial charge in [-0.3, -0.25) is 4.79 Å². The number of ether oxygens (including phenoxy) is 1. The lowest BCUT2D eigenvalue weighted by Crippen LogP contribution is -2.17. The van der Waals surface area contributed by atoms with Gasteiger partial charge in [-0.25, -0.2) is 0 Å². The monoisotopic (exact) mass is 414 g/mol. The second-order valence-corrected chi connectivity index (χ2v) is 8.35. The normalized spacial score (nSPS) is 12.0. The summed E-state index contributed by atoms with van der Waals surface area (Å²) in [6.45, 7) is 6.08. The van der Waals surface area contributed by atoms with E-state index in [1.807, 2.05) is 26.0 Å². The second-order valence-electron chi connectivity index (χ2n) is 7.94. The van der Waals surface area contributed by atoms with Crippen LogP contribution in [0.4, 0.5) is 0 Å². The molecule has 0 spiro atoms. The Hall–Kier alpha value is -1.80. The van der Waals surface area contributed by atoms with Gasteiger partial charge in [0.2, 0.25) is 0 Å². The summed E-state index contributed by atoms with van der Waals surface area (Å²) in [7, 11) is 0. The summed E-state index contributed by atoms with van der Waals surface area (Å²) in [6.07, 6.45) is 11.2. The SMILES string of the molecule is CCCCCCCCCc1ccc(-c2ccc(OC(=O)C(C)CC)c(Cl)c2)cc1. The number of unbranched alkanes of at least 4 members (excludes halogenated alkanes) is 6. The van der Waals surface area contributed by atoms with Crippen molar-refractivity contribution in [2.24, 2.45) is 5.92 Å². The Morgan fingerprint density at radius 1 is 0.897 bits per heavy atom. The molecule has 0 aliphatic heterocycles. The highest BCUT2D eigenvalue weighted by Crippen LogP contribution is 2.31. The standard InChI is InChI=1S/C26H35ClO2/c1-4-6-7-8-9-10-11-12-21-13-15-22(16-14-21)23-17-18-25(24(27)19-23)29-26(28)20(3)5-2/h13-20H,4-12H2,1-3H3. The van der Waals surface area contributed by atoms with Crippen molar-refractivity contribution in [1.82, 2.24) is 0 Å². The zero-order valence-electron chi connectivity index (χ0n) is 18.2. The van der Waals surface area contributed by atoms with E-state index < -0.39 is 0 Å². The Kier molecular flexibility index (Phi) is 10.3. The summed E-state index contributed by atoms with van der Waals surface area (Å²) in [5.74, 6) is 0.0581. The van der Waals surface area contributed by atoms with Crippen LogP contribution in [0.3, 0.4) is 0 Å². The van der Waals surface area contributed by atoms with Crippen molar-refractivity contribution < 1.29 is 9.53 Å². The van der Waals surface area contributed by atoms with Crippen LogP contribution in [0.5, 0.6) is 5.75 Å². The average Bonchev–Trinajstić information content (AvgIpc) is 2.74. The second kappa shape index (κ2) is 12.7. The molecule has 0 N–H and O–H groups in total. The lowest BCUT2D eigenvalue weighted by molar-refractivity contribution is -0.138. The minimum Gasteiger partial charge on any atom is -0.425 e. The summed E-state index contributed by atoms with van der Waals surface area (Å²) in [5.41, 5.74) is 3.53. The first kappa shape index (κ1) is 23.5. The van der Waals surface area contributed by atoms with Crippen molar-refractivity contribution >= 4 is 17.6 Å². The van der Waals surface area contributed by atoms with Crippen LogP contribution in [0.25, 0.3) is 11.1 Å². The number of esters is 1. The molecule has 2 aromatic carbocycles. The van der Waals surface area contributed by atoms with E-state index in [-0.39, 0.29) is 11.9 Å². The number of halogens is 1. The molecule has 2 aromatic rings. The molecule has 0 fully saturated rings. The first-order chi connectivity index (χ1) is 14.0. The van der Waals surface area contributed by atoms with Gasteiger partial charge in [0.25, 0.3) is 0 Å². The molecule has 0 radical (unpaired) electrons. The molecule has 0 saturated heterocycles. The molecular formula is C26H35ClO2. The maximum atomic E-state index is 12.0. The Morgan fingerprint density at radius 2 is 1.52 bits per heavy atom. The summed E-state index contributed by atoms with van der Waals surface area (Å²) in [5, 5.41) is 0.464. The number of aryl methyl sites for hydroxylation is 1. The van der Waals surface area contributed by atoms with E-state index in [9.17, 15) is 4.79 Å². The number of hydrogen-bond acceptors (Lipinski definition) is 2. The summed E-state index contributed by atoms with van der Waals surface area (Å²) in [6, 6.07) is 14.3. The van der Waals surface area contributed by atoms with E-state index in [1.165, 1.54) is 50.5 Å². The highest BCUT2D eigenvalue weighted by Gasteiger charge is 2.15. The molecular weight excluding hydrogens is 380 g/mol. The molecule has 1 unspecified atom stereocenters. The van der Waals surface area contributed by atoms with E-state index in [0.29, 0.717) is 10.8 Å². The van der Waals surface area contributed by atoms with Gasteiger partial charge in [-0.05, 0) is 48.1 Å². The smallest absolute Gasteiger partial charge is 0.314 e. The molecule has 0 saturated carbocycles. The minimum absolute atomic E-state index is 0.130. The minimum atomic E-state index is -0.239. The number of hydrogen-bond donors (Lipinski definition) is 0. The van der Waals surface area contributed by atoms with Gasteiger partial charge in [-0.1, -0.05) is 101 Å². The molecule has 0 heterocycles. The highest BCUT2D eigenvalue weighted by atomic mass is 35.5. The summed E-state index contributed by atoms with van der Waals surface area (Å²) in [4.78, 5) is 12.0. The van der Waals surface area contributed by atoms with Gasteiger partial charge < -0.3 is 4.74 Å². The molecule has 2 rings (SSSR count). The molecule has 0 amide bonds. The first-order valence-corrected chi connectivity index (χ1v) is 11.5. The van der Waals surface area contributed by atoms with Crippen molar-refractivity contribution in [3.05, 3.63) is 53.1 Å². The summed E-state index contributed by atoms with van der Waals surface area (Å²) >= 11 is 6.36. The quantitative estimate of drug-likeness (QED) is 0.198. The van der Waals surface area contributed by atoms with Gasteiger partial charge in [0.1, 0.15) is 5.75 Å². The van der Waals surface area contributed by atoms with Crippen molar-refractivity contribution in [2.75, 3.05) is 0 Å². The van der Waals surface area contributed by atoms with Gasteiger partial charge in [-0.15, -0.1) is 0 Å². The molecule has 0 aromatic heterocycles. The number of rotatable bonds is 12. The molecule has 2 nitrogen and oxygen atoms in total. The third-order valence-electron chi connectivity index (χ3n) is 5.51. The average molecular weight is 415 g/mol. The maximum absolute atomic E-state index is 12.0. The van der Waals surface area contributed by atoms with Crippen molar-refractivity contribution in [1.29, 1.82) is 0 Å². The lowest BCUT2D eigenvalue weighted by atomic mass is 10.0. The predicted molar refractivity (Wildman–Crippen MR) is 124 cm³/mol. The van der Waals surface area contributed by atoms with E-state index in [0.717, 1.165) is 24.0 Å². The van der Waals surface area contributed by atoms with Crippen LogP contribution < -0.4 is 4.74 Å². The molecule has 0 bridgehead atoms. The van der Waals surface area contributed by atoms with Crippen LogP contribution in [-0.2, 0) is 11.2 Å². The number of benzene rings is 2. The summed E-state index contributed by atoms with van der Waals surface area (Å²) < 4.78 is 5.42. The Bertz CT molecular complexity index is 752. The predicted octanol–water partition coefficient (Wildman–Crippen LogP) is 8.25. The number of carbonyl (C=O) groups excluding carboxylic acids is 1. The number of carbonyl (C=O) groups is 1.